The molecule has 21 heavy (non-hydrogen) atoms. The normalized spacial score (nSPS) is 23.4. The van der Waals surface area contributed by atoms with Crippen LogP contribution in [0.3, 0.4) is 0 Å². The van der Waals surface area contributed by atoms with Gasteiger partial charge in [-0.3, -0.25) is 0 Å². The van der Waals surface area contributed by atoms with Crippen molar-refractivity contribution in [2.24, 2.45) is 5.73 Å². The number of rotatable bonds is 5. The smallest absolute Gasteiger partial charge is 0.336 e. The van der Waals surface area contributed by atoms with Gasteiger partial charge in [0.1, 0.15) is 5.82 Å². The van der Waals surface area contributed by atoms with Gasteiger partial charge in [-0.2, -0.15) is 0 Å². The molecule has 1 aromatic carbocycles. The number of carboxylic acids is 2. The van der Waals surface area contributed by atoms with Crippen LogP contribution in [-0.2, 0) is 20.7 Å². The summed E-state index contributed by atoms with van der Waals surface area (Å²) in [5.41, 5.74) is 6.49. The van der Waals surface area contributed by atoms with Crippen LogP contribution in [0.25, 0.3) is 0 Å². The highest BCUT2D eigenvalue weighted by Gasteiger charge is 2.40. The molecule has 0 radical (unpaired) electrons. The zero-order chi connectivity index (χ0) is 15.7. The molecule has 0 aromatic heterocycles. The first-order valence-corrected chi connectivity index (χ1v) is 6.15. The largest absolute Gasteiger partial charge is 0.479 e. The molecular weight excluding hydrogens is 285 g/mol. The first kappa shape index (κ1) is 15.4. The van der Waals surface area contributed by atoms with Crippen molar-refractivity contribution in [3.8, 4) is 0 Å². The molecule has 2 unspecified atom stereocenters. The summed E-state index contributed by atoms with van der Waals surface area (Å²) in [5, 5.41) is 27.1. The minimum Gasteiger partial charge on any atom is -0.479 e. The second-order valence-corrected chi connectivity index (χ2v) is 4.77. The highest BCUT2D eigenvalue weighted by molar-refractivity contribution is 5.83. The van der Waals surface area contributed by atoms with Crippen molar-refractivity contribution in [2.75, 3.05) is 0 Å². The van der Waals surface area contributed by atoms with Crippen LogP contribution in [0.5, 0.6) is 0 Å². The van der Waals surface area contributed by atoms with Gasteiger partial charge in [-0.25, -0.2) is 14.0 Å². The number of hydrogen-bond acceptors (Lipinski definition) is 5. The van der Waals surface area contributed by atoms with Gasteiger partial charge in [-0.15, -0.1) is 0 Å². The number of hydrogen-bond donors (Lipinski definition) is 4. The summed E-state index contributed by atoms with van der Waals surface area (Å²) in [7, 11) is 0. The molecule has 0 saturated heterocycles. The minimum atomic E-state index is -2.24. The van der Waals surface area contributed by atoms with E-state index in [1.165, 1.54) is 18.2 Å². The quantitative estimate of drug-likeness (QED) is 0.585. The summed E-state index contributed by atoms with van der Waals surface area (Å²) in [5.74, 6) is -3.85. The van der Waals surface area contributed by atoms with Gasteiger partial charge in [0.15, 0.2) is 12.2 Å². The Morgan fingerprint density at radius 3 is 2.57 bits per heavy atom. The summed E-state index contributed by atoms with van der Waals surface area (Å²) < 4.78 is 18.8. The molecular formula is C13H14FNO6. The number of aliphatic hydroxyl groups is 1. The van der Waals surface area contributed by atoms with Crippen LogP contribution in [0.2, 0.25) is 0 Å². The van der Waals surface area contributed by atoms with E-state index < -0.39 is 42.1 Å². The first-order chi connectivity index (χ1) is 9.82. The molecule has 0 aliphatic heterocycles. The van der Waals surface area contributed by atoms with Gasteiger partial charge < -0.3 is 25.8 Å². The summed E-state index contributed by atoms with van der Waals surface area (Å²) in [6.07, 6.45) is -5.09. The molecule has 114 valence electrons. The van der Waals surface area contributed by atoms with Gasteiger partial charge >= 0.3 is 11.9 Å². The predicted octanol–water partition coefficient (Wildman–Crippen LogP) is -0.335. The van der Waals surface area contributed by atoms with Gasteiger partial charge in [0.05, 0.1) is 6.10 Å². The van der Waals surface area contributed by atoms with Gasteiger partial charge in [0.2, 0.25) is 0 Å². The van der Waals surface area contributed by atoms with Crippen molar-refractivity contribution in [1.82, 2.24) is 0 Å². The molecule has 0 spiro atoms. The van der Waals surface area contributed by atoms with E-state index in [1.54, 1.807) is 0 Å². The summed E-state index contributed by atoms with van der Waals surface area (Å²) >= 11 is 0. The van der Waals surface area contributed by atoms with Crippen molar-refractivity contribution in [2.45, 2.75) is 30.8 Å². The average Bonchev–Trinajstić information content (AvgIpc) is 2.72. The lowest BCUT2D eigenvalue weighted by Crippen LogP contribution is -2.44. The van der Waals surface area contributed by atoms with Crippen LogP contribution in [0.4, 0.5) is 4.39 Å². The summed E-state index contributed by atoms with van der Waals surface area (Å²) in [6, 6.07) is 3.47. The highest BCUT2D eigenvalue weighted by Crippen LogP contribution is 2.35. The Morgan fingerprint density at radius 1 is 1.33 bits per heavy atom. The zero-order valence-corrected chi connectivity index (χ0v) is 10.8. The SMILES string of the molecule is N[C@H]1Cc2c(F)cccc2[C@H]1OC(C(=O)O)C(O)C(=O)O. The van der Waals surface area contributed by atoms with E-state index in [1.807, 2.05) is 0 Å². The Kier molecular flexibility index (Phi) is 4.21. The molecule has 7 nitrogen and oxygen atoms in total. The van der Waals surface area contributed by atoms with Crippen molar-refractivity contribution >= 4 is 11.9 Å². The number of ether oxygens (including phenoxy) is 1. The average molecular weight is 299 g/mol. The van der Waals surface area contributed by atoms with Crippen LogP contribution in [0.1, 0.15) is 17.2 Å². The van der Waals surface area contributed by atoms with Gasteiger partial charge in [0.25, 0.3) is 0 Å². The molecule has 4 atom stereocenters. The van der Waals surface area contributed by atoms with E-state index in [0.29, 0.717) is 11.1 Å². The second kappa shape index (κ2) is 5.76. The third-order valence-electron chi connectivity index (χ3n) is 3.37. The molecule has 5 N–H and O–H groups in total. The number of aliphatic hydroxyl groups excluding tert-OH is 1. The van der Waals surface area contributed by atoms with Crippen molar-refractivity contribution < 1.29 is 34.0 Å². The number of aliphatic carboxylic acids is 2. The summed E-state index contributed by atoms with van der Waals surface area (Å²) in [6.45, 7) is 0. The maximum absolute atomic E-state index is 13.6. The van der Waals surface area contributed by atoms with Crippen molar-refractivity contribution in [1.29, 1.82) is 0 Å². The van der Waals surface area contributed by atoms with E-state index in [9.17, 15) is 19.1 Å². The standard InChI is InChI=1S/C13H14FNO6/c14-7-3-1-2-5-6(7)4-8(15)10(5)21-11(13(19)20)9(16)12(17)18/h1-3,8-11,16H,4,15H2,(H,17,18)(H,19,20)/t8-,9?,10+,11?/m0/s1. The molecule has 2 rings (SSSR count). The fourth-order valence-corrected chi connectivity index (χ4v) is 2.36. The predicted molar refractivity (Wildman–Crippen MR) is 67.0 cm³/mol. The Bertz CT molecular complexity index is 578. The van der Waals surface area contributed by atoms with Crippen LogP contribution in [0, 0.1) is 5.82 Å². The maximum Gasteiger partial charge on any atom is 0.336 e. The van der Waals surface area contributed by atoms with Crippen molar-refractivity contribution in [3.05, 3.63) is 35.1 Å². The van der Waals surface area contributed by atoms with Crippen LogP contribution < -0.4 is 5.73 Å². The Hall–Kier alpha value is -2.03. The molecule has 1 aromatic rings. The molecule has 1 aliphatic rings. The fraction of sp³-hybridized carbons (Fsp3) is 0.385. The van der Waals surface area contributed by atoms with Crippen LogP contribution in [0.15, 0.2) is 18.2 Å². The van der Waals surface area contributed by atoms with E-state index in [4.69, 9.17) is 20.7 Å². The molecule has 1 aliphatic carbocycles. The number of fused-ring (bicyclic) bond motifs is 1. The van der Waals surface area contributed by atoms with Crippen molar-refractivity contribution in [3.63, 3.8) is 0 Å². The Morgan fingerprint density at radius 2 is 2.00 bits per heavy atom. The molecule has 0 saturated carbocycles. The van der Waals surface area contributed by atoms with E-state index in [0.717, 1.165) is 0 Å². The Balaban J connectivity index is 2.28. The monoisotopic (exact) mass is 299 g/mol. The van der Waals surface area contributed by atoms with E-state index in [2.05, 4.69) is 0 Å². The number of benzene rings is 1. The highest BCUT2D eigenvalue weighted by atomic mass is 19.1. The van der Waals surface area contributed by atoms with E-state index >= 15 is 0 Å². The topological polar surface area (TPSA) is 130 Å². The lowest BCUT2D eigenvalue weighted by Gasteiger charge is -2.24. The van der Waals surface area contributed by atoms with E-state index in [-0.39, 0.29) is 6.42 Å². The second-order valence-electron chi connectivity index (χ2n) is 4.77. The zero-order valence-electron chi connectivity index (χ0n) is 10.8. The molecule has 0 bridgehead atoms. The van der Waals surface area contributed by atoms with Gasteiger partial charge in [0, 0.05) is 6.04 Å². The lowest BCUT2D eigenvalue weighted by atomic mass is 10.1. The number of carboxylic acid groups (broad SMARTS) is 2. The molecule has 0 amide bonds. The Labute approximate surface area is 118 Å². The van der Waals surface area contributed by atoms with Gasteiger partial charge in [-0.05, 0) is 23.6 Å². The molecule has 8 heteroatoms. The van der Waals surface area contributed by atoms with Crippen LogP contribution >= 0.6 is 0 Å². The first-order valence-electron chi connectivity index (χ1n) is 6.15. The number of nitrogens with two attached hydrogens (primary N) is 1. The lowest BCUT2D eigenvalue weighted by molar-refractivity contribution is -0.177. The minimum absolute atomic E-state index is 0.141. The maximum atomic E-state index is 13.6. The van der Waals surface area contributed by atoms with Crippen LogP contribution in [-0.4, -0.2) is 45.5 Å². The fourth-order valence-electron chi connectivity index (χ4n) is 2.36. The number of halogens is 1. The third-order valence-corrected chi connectivity index (χ3v) is 3.37. The third kappa shape index (κ3) is 2.87. The summed E-state index contributed by atoms with van der Waals surface area (Å²) in [4.78, 5) is 21.8. The molecule has 0 heterocycles. The number of carbonyl (C=O) groups is 2. The molecule has 0 fully saturated rings. The van der Waals surface area contributed by atoms with Gasteiger partial charge in [-0.1, -0.05) is 12.1 Å².